The molecule has 1 aromatic rings. The van der Waals surface area contributed by atoms with Gasteiger partial charge in [-0.3, -0.25) is 4.79 Å². The fourth-order valence-electron chi connectivity index (χ4n) is 1.27. The van der Waals surface area contributed by atoms with Gasteiger partial charge in [-0.1, -0.05) is 6.07 Å². The highest BCUT2D eigenvalue weighted by atomic mass is 19.1. The molecule has 4 nitrogen and oxygen atoms in total. The van der Waals surface area contributed by atoms with E-state index in [1.165, 1.54) is 7.11 Å². The summed E-state index contributed by atoms with van der Waals surface area (Å²) >= 11 is 0. The number of benzene rings is 1. The first-order valence-electron chi connectivity index (χ1n) is 4.75. The first-order valence-corrected chi connectivity index (χ1v) is 4.75. The maximum atomic E-state index is 12.0. The van der Waals surface area contributed by atoms with Crippen molar-refractivity contribution >= 4 is 5.97 Å². The van der Waals surface area contributed by atoms with Crippen LogP contribution in [-0.2, 0) is 11.2 Å². The number of carbonyl (C=O) groups is 1. The molecular weight excluding hydrogens is 215 g/mol. The number of methoxy groups -OCH3 is 1. The Morgan fingerprint density at radius 2 is 2.19 bits per heavy atom. The second-order valence-corrected chi connectivity index (χ2v) is 3.09. The average molecular weight is 228 g/mol. The normalized spacial score (nSPS) is 9.88. The quantitative estimate of drug-likeness (QED) is 0.804. The molecule has 0 aliphatic rings. The predicted octanol–water partition coefficient (Wildman–Crippen LogP) is 1.67. The first-order chi connectivity index (χ1) is 7.67. The van der Waals surface area contributed by atoms with Gasteiger partial charge >= 0.3 is 5.97 Å². The predicted molar refractivity (Wildman–Crippen MR) is 55.8 cm³/mol. The first kappa shape index (κ1) is 12.3. The van der Waals surface area contributed by atoms with Crippen molar-refractivity contribution in [1.82, 2.24) is 0 Å². The summed E-state index contributed by atoms with van der Waals surface area (Å²) < 4.78 is 22.1. The maximum absolute atomic E-state index is 12.0. The summed E-state index contributed by atoms with van der Waals surface area (Å²) in [5, 5.41) is 8.63. The van der Waals surface area contributed by atoms with Crippen LogP contribution in [0, 0.1) is 0 Å². The molecule has 0 saturated carbocycles. The summed E-state index contributed by atoms with van der Waals surface area (Å²) in [6.45, 7) is -0.681. The molecule has 1 N–H and O–H groups in total. The minimum atomic E-state index is -0.929. The number of rotatable bonds is 6. The van der Waals surface area contributed by atoms with Crippen molar-refractivity contribution in [3.05, 3.63) is 23.8 Å². The molecular formula is C11H13FO4. The van der Waals surface area contributed by atoms with Crippen LogP contribution in [0.25, 0.3) is 0 Å². The minimum absolute atomic E-state index is 0.0765. The van der Waals surface area contributed by atoms with Gasteiger partial charge in [0.25, 0.3) is 0 Å². The van der Waals surface area contributed by atoms with E-state index in [9.17, 15) is 9.18 Å². The van der Waals surface area contributed by atoms with Crippen LogP contribution < -0.4 is 9.47 Å². The Morgan fingerprint density at radius 3 is 2.75 bits per heavy atom. The molecule has 0 heterocycles. The molecule has 88 valence electrons. The van der Waals surface area contributed by atoms with Crippen LogP contribution in [0.2, 0.25) is 0 Å². The average Bonchev–Trinajstić information content (AvgIpc) is 2.25. The number of alkyl halides is 1. The van der Waals surface area contributed by atoms with Gasteiger partial charge in [-0.2, -0.15) is 0 Å². The van der Waals surface area contributed by atoms with Crippen LogP contribution in [0.3, 0.4) is 0 Å². The van der Waals surface area contributed by atoms with E-state index in [-0.39, 0.29) is 13.0 Å². The van der Waals surface area contributed by atoms with Crippen molar-refractivity contribution in [3.8, 4) is 11.5 Å². The van der Waals surface area contributed by atoms with Crippen molar-refractivity contribution in [2.24, 2.45) is 0 Å². The Balaban J connectivity index is 2.87. The molecule has 16 heavy (non-hydrogen) atoms. The lowest BCUT2D eigenvalue weighted by atomic mass is 10.1. The lowest BCUT2D eigenvalue weighted by Gasteiger charge is -2.10. The SMILES string of the molecule is COc1ccc(CC(=O)O)cc1OCCF. The topological polar surface area (TPSA) is 55.8 Å². The smallest absolute Gasteiger partial charge is 0.307 e. The van der Waals surface area contributed by atoms with Crippen LogP contribution in [-0.4, -0.2) is 31.5 Å². The van der Waals surface area contributed by atoms with Gasteiger partial charge in [-0.25, -0.2) is 4.39 Å². The molecule has 0 unspecified atom stereocenters. The van der Waals surface area contributed by atoms with Gasteiger partial charge in [0.1, 0.15) is 13.3 Å². The Bertz CT molecular complexity index is 365. The van der Waals surface area contributed by atoms with E-state index in [4.69, 9.17) is 14.6 Å². The van der Waals surface area contributed by atoms with E-state index < -0.39 is 12.6 Å². The van der Waals surface area contributed by atoms with Crippen LogP contribution in [0.1, 0.15) is 5.56 Å². The van der Waals surface area contributed by atoms with Crippen LogP contribution in [0.4, 0.5) is 4.39 Å². The highest BCUT2D eigenvalue weighted by molar-refractivity contribution is 5.70. The second kappa shape index (κ2) is 5.95. The van der Waals surface area contributed by atoms with Crippen molar-refractivity contribution in [1.29, 1.82) is 0 Å². The van der Waals surface area contributed by atoms with Gasteiger partial charge in [0, 0.05) is 0 Å². The Hall–Kier alpha value is -1.78. The zero-order valence-corrected chi connectivity index (χ0v) is 8.90. The third-order valence-electron chi connectivity index (χ3n) is 1.92. The zero-order chi connectivity index (χ0) is 12.0. The summed E-state index contributed by atoms with van der Waals surface area (Å²) in [6.07, 6.45) is -0.101. The largest absolute Gasteiger partial charge is 0.493 e. The number of carboxylic acid groups (broad SMARTS) is 1. The monoisotopic (exact) mass is 228 g/mol. The Kier molecular flexibility index (Phi) is 4.57. The molecule has 1 aromatic carbocycles. The van der Waals surface area contributed by atoms with E-state index >= 15 is 0 Å². The zero-order valence-electron chi connectivity index (χ0n) is 8.90. The summed E-state index contributed by atoms with van der Waals surface area (Å²) in [6, 6.07) is 4.78. The number of ether oxygens (including phenoxy) is 2. The molecule has 0 spiro atoms. The third kappa shape index (κ3) is 3.42. The molecule has 0 radical (unpaired) electrons. The fraction of sp³-hybridized carbons (Fsp3) is 0.364. The van der Waals surface area contributed by atoms with Gasteiger partial charge < -0.3 is 14.6 Å². The number of hydrogen-bond donors (Lipinski definition) is 1. The van der Waals surface area contributed by atoms with Gasteiger partial charge in [0.15, 0.2) is 11.5 Å². The molecule has 1 rings (SSSR count). The molecule has 0 saturated heterocycles. The number of aliphatic carboxylic acids is 1. The van der Waals surface area contributed by atoms with Gasteiger partial charge in [-0.15, -0.1) is 0 Å². The van der Waals surface area contributed by atoms with Gasteiger partial charge in [0.2, 0.25) is 0 Å². The van der Waals surface area contributed by atoms with Crippen molar-refractivity contribution in [2.45, 2.75) is 6.42 Å². The van der Waals surface area contributed by atoms with E-state index in [0.29, 0.717) is 17.1 Å². The van der Waals surface area contributed by atoms with E-state index in [2.05, 4.69) is 0 Å². The van der Waals surface area contributed by atoms with E-state index in [1.807, 2.05) is 0 Å². The minimum Gasteiger partial charge on any atom is -0.493 e. The molecule has 0 atom stereocenters. The molecule has 5 heteroatoms. The van der Waals surface area contributed by atoms with Crippen molar-refractivity contribution in [3.63, 3.8) is 0 Å². The van der Waals surface area contributed by atoms with Crippen molar-refractivity contribution < 1.29 is 23.8 Å². The molecule has 0 fully saturated rings. The van der Waals surface area contributed by atoms with Crippen LogP contribution >= 0.6 is 0 Å². The van der Waals surface area contributed by atoms with Gasteiger partial charge in [0.05, 0.1) is 13.5 Å². The standard InChI is InChI=1S/C11H13FO4/c1-15-9-3-2-8(7-11(13)14)6-10(9)16-5-4-12/h2-3,6H,4-5,7H2,1H3,(H,13,14). The lowest BCUT2D eigenvalue weighted by molar-refractivity contribution is -0.136. The highest BCUT2D eigenvalue weighted by Crippen LogP contribution is 2.28. The lowest BCUT2D eigenvalue weighted by Crippen LogP contribution is -2.03. The molecule has 0 amide bonds. The van der Waals surface area contributed by atoms with Crippen LogP contribution in [0.15, 0.2) is 18.2 Å². The fourth-order valence-corrected chi connectivity index (χ4v) is 1.27. The summed E-state index contributed by atoms with van der Waals surface area (Å²) in [7, 11) is 1.47. The van der Waals surface area contributed by atoms with E-state index in [0.717, 1.165) is 0 Å². The van der Waals surface area contributed by atoms with Crippen molar-refractivity contribution in [2.75, 3.05) is 20.4 Å². The summed E-state index contributed by atoms with van der Waals surface area (Å²) in [4.78, 5) is 10.5. The highest BCUT2D eigenvalue weighted by Gasteiger charge is 2.08. The maximum Gasteiger partial charge on any atom is 0.307 e. The molecule has 0 aliphatic carbocycles. The number of halogens is 1. The second-order valence-electron chi connectivity index (χ2n) is 3.09. The summed E-state index contributed by atoms with van der Waals surface area (Å²) in [5.74, 6) is -0.108. The number of carboxylic acids is 1. The summed E-state index contributed by atoms with van der Waals surface area (Å²) in [5.41, 5.74) is 0.585. The molecule has 0 bridgehead atoms. The number of hydrogen-bond acceptors (Lipinski definition) is 3. The Labute approximate surface area is 92.6 Å². The molecule has 0 aromatic heterocycles. The molecule has 0 aliphatic heterocycles. The Morgan fingerprint density at radius 1 is 1.44 bits per heavy atom. The van der Waals surface area contributed by atoms with E-state index in [1.54, 1.807) is 18.2 Å². The van der Waals surface area contributed by atoms with Crippen LogP contribution in [0.5, 0.6) is 11.5 Å². The van der Waals surface area contributed by atoms with Gasteiger partial charge in [-0.05, 0) is 17.7 Å². The third-order valence-corrected chi connectivity index (χ3v) is 1.92.